The quantitative estimate of drug-likeness (QED) is 0.586. The summed E-state index contributed by atoms with van der Waals surface area (Å²) in [5.74, 6) is -0.231. The molecule has 0 saturated carbocycles. The Hall–Kier alpha value is -0.570. The van der Waals surface area contributed by atoms with E-state index in [1.807, 2.05) is 13.8 Å². The maximum atomic E-state index is 11.4. The molecule has 0 aliphatic rings. The molecule has 0 spiro atoms. The summed E-state index contributed by atoms with van der Waals surface area (Å²) in [6.07, 6.45) is 6.29. The lowest BCUT2D eigenvalue weighted by molar-refractivity contribution is -0.132. The van der Waals surface area contributed by atoms with Crippen LogP contribution in [0.25, 0.3) is 0 Å². The Bertz CT molecular complexity index is 188. The third-order valence-corrected chi connectivity index (χ3v) is 3.40. The van der Waals surface area contributed by atoms with Gasteiger partial charge in [-0.05, 0) is 19.3 Å². The molecule has 1 amide bonds. The zero-order chi connectivity index (χ0) is 12.4. The van der Waals surface area contributed by atoms with E-state index in [1.54, 1.807) is 0 Å². The minimum Gasteiger partial charge on any atom is -0.380 e. The monoisotopic (exact) mass is 229 g/mol. The fourth-order valence-corrected chi connectivity index (χ4v) is 1.77. The molecule has 0 fully saturated rings. The van der Waals surface area contributed by atoms with E-state index in [4.69, 9.17) is 10.5 Å². The van der Waals surface area contributed by atoms with Crippen LogP contribution in [0.15, 0.2) is 0 Å². The number of hydrogen-bond acceptors (Lipinski definition) is 2. The number of carbonyl (C=O) groups is 1. The van der Waals surface area contributed by atoms with Crippen molar-refractivity contribution in [2.24, 2.45) is 11.1 Å². The third kappa shape index (κ3) is 4.97. The van der Waals surface area contributed by atoms with E-state index >= 15 is 0 Å². The molecule has 0 bridgehead atoms. The number of unbranched alkanes of at least 4 members (excludes halogenated alkanes) is 3. The van der Waals surface area contributed by atoms with Crippen LogP contribution in [0.4, 0.5) is 0 Å². The Kier molecular flexibility index (Phi) is 8.26. The van der Waals surface area contributed by atoms with Gasteiger partial charge >= 0.3 is 0 Å². The normalized spacial score (nSPS) is 11.7. The van der Waals surface area contributed by atoms with Crippen molar-refractivity contribution in [1.29, 1.82) is 0 Å². The highest BCUT2D eigenvalue weighted by molar-refractivity contribution is 5.80. The van der Waals surface area contributed by atoms with E-state index in [9.17, 15) is 4.79 Å². The van der Waals surface area contributed by atoms with Crippen molar-refractivity contribution in [2.75, 3.05) is 13.2 Å². The smallest absolute Gasteiger partial charge is 0.225 e. The molecule has 0 unspecified atom stereocenters. The number of rotatable bonds is 10. The number of hydrogen-bond donors (Lipinski definition) is 1. The highest BCUT2D eigenvalue weighted by Crippen LogP contribution is 2.26. The Balaban J connectivity index is 3.81. The van der Waals surface area contributed by atoms with Crippen LogP contribution in [0.2, 0.25) is 0 Å². The fraction of sp³-hybridized carbons (Fsp3) is 0.923. The largest absolute Gasteiger partial charge is 0.380 e. The summed E-state index contributed by atoms with van der Waals surface area (Å²) < 4.78 is 5.59. The average Bonchev–Trinajstić information content (AvgIpc) is 2.28. The van der Waals surface area contributed by atoms with Crippen LogP contribution >= 0.6 is 0 Å². The number of primary amides is 1. The summed E-state index contributed by atoms with van der Waals surface area (Å²) in [5, 5.41) is 0. The first kappa shape index (κ1) is 15.4. The molecule has 0 aliphatic carbocycles. The number of carbonyl (C=O) groups excluding carboxylic acids is 1. The van der Waals surface area contributed by atoms with Crippen molar-refractivity contribution in [3.05, 3.63) is 0 Å². The lowest BCUT2D eigenvalue weighted by atomic mass is 9.82. The molecule has 96 valence electrons. The second-order valence-electron chi connectivity index (χ2n) is 4.46. The van der Waals surface area contributed by atoms with Gasteiger partial charge in [0.25, 0.3) is 0 Å². The first-order valence-electron chi connectivity index (χ1n) is 6.50. The third-order valence-electron chi connectivity index (χ3n) is 3.40. The summed E-state index contributed by atoms with van der Waals surface area (Å²) >= 11 is 0. The second kappa shape index (κ2) is 8.57. The first-order chi connectivity index (χ1) is 7.63. The molecular weight excluding hydrogens is 202 g/mol. The molecule has 16 heavy (non-hydrogen) atoms. The molecule has 0 rings (SSSR count). The van der Waals surface area contributed by atoms with E-state index in [-0.39, 0.29) is 5.91 Å². The van der Waals surface area contributed by atoms with Gasteiger partial charge in [0.1, 0.15) is 0 Å². The molecule has 0 radical (unpaired) electrons. The van der Waals surface area contributed by atoms with Gasteiger partial charge in [-0.1, -0.05) is 40.0 Å². The van der Waals surface area contributed by atoms with Gasteiger partial charge in [-0.3, -0.25) is 4.79 Å². The van der Waals surface area contributed by atoms with E-state index in [0.717, 1.165) is 25.9 Å². The van der Waals surface area contributed by atoms with Crippen LogP contribution in [0.1, 0.15) is 59.3 Å². The van der Waals surface area contributed by atoms with Crippen molar-refractivity contribution < 1.29 is 9.53 Å². The van der Waals surface area contributed by atoms with Crippen molar-refractivity contribution in [1.82, 2.24) is 0 Å². The molecule has 2 N–H and O–H groups in total. The van der Waals surface area contributed by atoms with Crippen LogP contribution in [-0.2, 0) is 9.53 Å². The highest BCUT2D eigenvalue weighted by atomic mass is 16.5. The van der Waals surface area contributed by atoms with Crippen LogP contribution in [0.5, 0.6) is 0 Å². The minimum absolute atomic E-state index is 0.231. The first-order valence-corrected chi connectivity index (χ1v) is 6.50. The Labute approximate surface area is 99.7 Å². The number of amides is 1. The van der Waals surface area contributed by atoms with Crippen molar-refractivity contribution >= 4 is 5.91 Å². The maximum absolute atomic E-state index is 11.4. The van der Waals surface area contributed by atoms with Gasteiger partial charge in [0, 0.05) is 6.61 Å². The van der Waals surface area contributed by atoms with Gasteiger partial charge in [-0.25, -0.2) is 0 Å². The topological polar surface area (TPSA) is 52.3 Å². The SMILES string of the molecule is CCCCCCOCC(CC)(CC)C(N)=O. The summed E-state index contributed by atoms with van der Waals surface area (Å²) in [6.45, 7) is 7.40. The number of nitrogens with two attached hydrogens (primary N) is 1. The highest BCUT2D eigenvalue weighted by Gasteiger charge is 2.32. The lowest BCUT2D eigenvalue weighted by Crippen LogP contribution is -2.40. The fourth-order valence-electron chi connectivity index (χ4n) is 1.77. The van der Waals surface area contributed by atoms with Crippen LogP contribution in [0.3, 0.4) is 0 Å². The van der Waals surface area contributed by atoms with Crippen molar-refractivity contribution in [2.45, 2.75) is 59.3 Å². The summed E-state index contributed by atoms with van der Waals surface area (Å²) in [4.78, 5) is 11.4. The van der Waals surface area contributed by atoms with Gasteiger partial charge in [0.05, 0.1) is 12.0 Å². The molecule has 0 aromatic heterocycles. The van der Waals surface area contributed by atoms with Crippen LogP contribution < -0.4 is 5.73 Å². The Morgan fingerprint density at radius 2 is 1.75 bits per heavy atom. The molecule has 0 aromatic carbocycles. The van der Waals surface area contributed by atoms with Gasteiger partial charge in [-0.2, -0.15) is 0 Å². The Morgan fingerprint density at radius 3 is 2.19 bits per heavy atom. The standard InChI is InChI=1S/C13H27NO2/c1-4-7-8-9-10-16-11-13(5-2,6-3)12(14)15/h4-11H2,1-3H3,(H2,14,15). The lowest BCUT2D eigenvalue weighted by Gasteiger charge is -2.27. The molecular formula is C13H27NO2. The molecule has 3 nitrogen and oxygen atoms in total. The Morgan fingerprint density at radius 1 is 1.12 bits per heavy atom. The van der Waals surface area contributed by atoms with E-state index in [1.165, 1.54) is 19.3 Å². The van der Waals surface area contributed by atoms with Crippen molar-refractivity contribution in [3.63, 3.8) is 0 Å². The molecule has 0 atom stereocenters. The summed E-state index contributed by atoms with van der Waals surface area (Å²) in [7, 11) is 0. The van der Waals surface area contributed by atoms with Crippen LogP contribution in [0, 0.1) is 5.41 Å². The zero-order valence-corrected chi connectivity index (χ0v) is 11.1. The van der Waals surface area contributed by atoms with Crippen LogP contribution in [-0.4, -0.2) is 19.1 Å². The van der Waals surface area contributed by atoms with E-state index in [0.29, 0.717) is 6.61 Å². The van der Waals surface area contributed by atoms with Crippen molar-refractivity contribution in [3.8, 4) is 0 Å². The second-order valence-corrected chi connectivity index (χ2v) is 4.46. The van der Waals surface area contributed by atoms with Gasteiger partial charge < -0.3 is 10.5 Å². The predicted molar refractivity (Wildman–Crippen MR) is 67.2 cm³/mol. The molecule has 0 heterocycles. The maximum Gasteiger partial charge on any atom is 0.225 e. The van der Waals surface area contributed by atoms with Gasteiger partial charge in [0.15, 0.2) is 0 Å². The molecule has 0 aromatic rings. The van der Waals surface area contributed by atoms with Gasteiger partial charge in [0.2, 0.25) is 5.91 Å². The zero-order valence-electron chi connectivity index (χ0n) is 11.1. The van der Waals surface area contributed by atoms with E-state index in [2.05, 4.69) is 6.92 Å². The van der Waals surface area contributed by atoms with E-state index < -0.39 is 5.41 Å². The number of ether oxygens (including phenoxy) is 1. The molecule has 3 heteroatoms. The minimum atomic E-state index is -0.454. The summed E-state index contributed by atoms with van der Waals surface area (Å²) in [6, 6.07) is 0. The average molecular weight is 229 g/mol. The van der Waals surface area contributed by atoms with Gasteiger partial charge in [-0.15, -0.1) is 0 Å². The predicted octanol–water partition coefficient (Wildman–Crippen LogP) is 2.88. The summed E-state index contributed by atoms with van der Waals surface area (Å²) in [5.41, 5.74) is 4.98. The molecule has 0 aliphatic heterocycles. The molecule has 0 saturated heterocycles.